The van der Waals surface area contributed by atoms with Crippen molar-refractivity contribution >= 4 is 36.2 Å². The van der Waals surface area contributed by atoms with Crippen LogP contribution in [0.3, 0.4) is 0 Å². The van der Waals surface area contributed by atoms with Gasteiger partial charge in [-0.25, -0.2) is 9.97 Å². The second-order valence-electron chi connectivity index (χ2n) is 5.75. The van der Waals surface area contributed by atoms with Crippen LogP contribution in [0.15, 0.2) is 16.1 Å². The number of oxazole rings is 1. The molecule has 3 rings (SSSR count). The summed E-state index contributed by atoms with van der Waals surface area (Å²) in [6.45, 7) is 9.03. The summed E-state index contributed by atoms with van der Waals surface area (Å²) in [6.07, 6.45) is 3.05. The number of thiazole rings is 1. The van der Waals surface area contributed by atoms with Crippen LogP contribution in [0.1, 0.15) is 28.6 Å². The Morgan fingerprint density at radius 3 is 2.70 bits per heavy atom. The van der Waals surface area contributed by atoms with Crippen molar-refractivity contribution in [3.63, 3.8) is 0 Å². The summed E-state index contributed by atoms with van der Waals surface area (Å²) in [5, 5.41) is 3.44. The van der Waals surface area contributed by atoms with Gasteiger partial charge in [-0.2, -0.15) is 0 Å². The maximum Gasteiger partial charge on any atom is 0.208 e. The first-order valence-corrected chi connectivity index (χ1v) is 8.32. The molecule has 0 spiro atoms. The van der Waals surface area contributed by atoms with E-state index in [4.69, 9.17) is 4.42 Å². The number of nitrogens with one attached hydrogen (secondary N) is 1. The minimum atomic E-state index is 0. The van der Waals surface area contributed by atoms with Crippen LogP contribution in [0.5, 0.6) is 0 Å². The summed E-state index contributed by atoms with van der Waals surface area (Å²) >= 11 is 1.73. The Labute approximate surface area is 153 Å². The van der Waals surface area contributed by atoms with Gasteiger partial charge in [0.05, 0.1) is 23.9 Å². The first kappa shape index (κ1) is 20.4. The van der Waals surface area contributed by atoms with Crippen molar-refractivity contribution in [3.8, 4) is 0 Å². The van der Waals surface area contributed by atoms with Gasteiger partial charge in [0.2, 0.25) is 5.89 Å². The average molecular weight is 379 g/mol. The van der Waals surface area contributed by atoms with Crippen molar-refractivity contribution in [2.45, 2.75) is 33.4 Å². The molecule has 0 radical (unpaired) electrons. The Morgan fingerprint density at radius 1 is 1.30 bits per heavy atom. The summed E-state index contributed by atoms with van der Waals surface area (Å²) < 4.78 is 5.65. The van der Waals surface area contributed by atoms with Crippen molar-refractivity contribution in [2.24, 2.45) is 5.92 Å². The molecule has 2 aromatic heterocycles. The number of aromatic nitrogens is 2. The third-order valence-electron chi connectivity index (χ3n) is 3.92. The molecule has 8 heteroatoms. The van der Waals surface area contributed by atoms with Crippen LogP contribution < -0.4 is 5.32 Å². The molecule has 1 atom stereocenters. The normalized spacial score (nSPS) is 17.1. The van der Waals surface area contributed by atoms with Gasteiger partial charge in [-0.3, -0.25) is 4.90 Å². The summed E-state index contributed by atoms with van der Waals surface area (Å²) in [5.74, 6) is 2.40. The molecule has 0 aliphatic carbocycles. The van der Waals surface area contributed by atoms with E-state index in [9.17, 15) is 0 Å². The van der Waals surface area contributed by atoms with Crippen molar-refractivity contribution in [3.05, 3.63) is 33.9 Å². The molecule has 1 aliphatic heterocycles. The molecule has 1 N–H and O–H groups in total. The molecule has 1 saturated heterocycles. The zero-order chi connectivity index (χ0) is 14.7. The lowest BCUT2D eigenvalue weighted by Gasteiger charge is -2.23. The Balaban J connectivity index is 0.00000132. The number of halogens is 2. The Bertz CT molecular complexity index is 584. The van der Waals surface area contributed by atoms with Gasteiger partial charge in [-0.15, -0.1) is 36.2 Å². The maximum atomic E-state index is 5.65. The van der Waals surface area contributed by atoms with E-state index >= 15 is 0 Å². The fourth-order valence-corrected chi connectivity index (χ4v) is 3.59. The largest absolute Gasteiger partial charge is 0.445 e. The Morgan fingerprint density at radius 2 is 2.13 bits per heavy atom. The van der Waals surface area contributed by atoms with Crippen LogP contribution in [0.25, 0.3) is 0 Å². The van der Waals surface area contributed by atoms with E-state index in [-0.39, 0.29) is 24.8 Å². The highest BCUT2D eigenvalue weighted by molar-refractivity contribution is 7.09. The number of rotatable bonds is 6. The molecule has 0 amide bonds. The molecule has 3 heterocycles. The third-order valence-corrected chi connectivity index (χ3v) is 4.84. The summed E-state index contributed by atoms with van der Waals surface area (Å²) in [5.41, 5.74) is 3.06. The predicted octanol–water partition coefficient (Wildman–Crippen LogP) is 3.20. The van der Waals surface area contributed by atoms with E-state index < -0.39 is 0 Å². The quantitative estimate of drug-likeness (QED) is 0.835. The summed E-state index contributed by atoms with van der Waals surface area (Å²) in [7, 11) is 0. The number of hydrogen-bond donors (Lipinski definition) is 1. The van der Waals surface area contributed by atoms with E-state index in [1.165, 1.54) is 11.3 Å². The predicted molar refractivity (Wildman–Crippen MR) is 97.7 cm³/mol. The molecule has 23 heavy (non-hydrogen) atoms. The van der Waals surface area contributed by atoms with Crippen LogP contribution in [-0.2, 0) is 13.1 Å². The SMILES string of the molecule is Cc1cnc(CN(Cc2scnc2C)CC2CCNC2)o1.Cl.Cl. The fourth-order valence-electron chi connectivity index (χ4n) is 2.77. The van der Waals surface area contributed by atoms with Crippen LogP contribution in [-0.4, -0.2) is 34.5 Å². The van der Waals surface area contributed by atoms with E-state index in [0.717, 1.165) is 50.1 Å². The Hall–Kier alpha value is -0.660. The zero-order valence-corrected chi connectivity index (χ0v) is 15.9. The standard InChI is InChI=1S/C15H22N4OS.2ClH/c1-11-5-17-15(20-11)9-19(7-13-3-4-16-6-13)8-14-12(2)18-10-21-14;;/h5,10,13,16H,3-4,6-9H2,1-2H3;2*1H. The maximum absolute atomic E-state index is 5.65. The number of nitrogens with zero attached hydrogens (tertiary/aromatic N) is 3. The molecule has 0 bridgehead atoms. The monoisotopic (exact) mass is 378 g/mol. The summed E-state index contributed by atoms with van der Waals surface area (Å²) in [6, 6.07) is 0. The highest BCUT2D eigenvalue weighted by Gasteiger charge is 2.20. The first-order chi connectivity index (χ1) is 10.2. The second-order valence-corrected chi connectivity index (χ2v) is 6.69. The zero-order valence-electron chi connectivity index (χ0n) is 13.4. The lowest BCUT2D eigenvalue weighted by Crippen LogP contribution is -2.30. The van der Waals surface area contributed by atoms with Crippen LogP contribution in [0.2, 0.25) is 0 Å². The van der Waals surface area contributed by atoms with Gasteiger partial charge in [-0.05, 0) is 39.3 Å². The van der Waals surface area contributed by atoms with Gasteiger partial charge < -0.3 is 9.73 Å². The van der Waals surface area contributed by atoms with Crippen molar-refractivity contribution in [2.75, 3.05) is 19.6 Å². The van der Waals surface area contributed by atoms with Gasteiger partial charge in [0.15, 0.2) is 0 Å². The van der Waals surface area contributed by atoms with Gasteiger partial charge >= 0.3 is 0 Å². The number of hydrogen-bond acceptors (Lipinski definition) is 6. The molecule has 5 nitrogen and oxygen atoms in total. The van der Waals surface area contributed by atoms with Gasteiger partial charge in [0.25, 0.3) is 0 Å². The lowest BCUT2D eigenvalue weighted by atomic mass is 10.1. The molecule has 0 aromatic carbocycles. The van der Waals surface area contributed by atoms with E-state index in [1.54, 1.807) is 17.5 Å². The minimum absolute atomic E-state index is 0. The highest BCUT2D eigenvalue weighted by atomic mass is 35.5. The van der Waals surface area contributed by atoms with Gasteiger partial charge in [-0.1, -0.05) is 0 Å². The van der Waals surface area contributed by atoms with Gasteiger partial charge in [0.1, 0.15) is 5.76 Å². The van der Waals surface area contributed by atoms with Crippen LogP contribution in [0, 0.1) is 19.8 Å². The molecular weight excluding hydrogens is 355 g/mol. The van der Waals surface area contributed by atoms with E-state index in [1.807, 2.05) is 12.4 Å². The van der Waals surface area contributed by atoms with Crippen molar-refractivity contribution in [1.82, 2.24) is 20.2 Å². The lowest BCUT2D eigenvalue weighted by molar-refractivity contribution is 0.201. The molecule has 2 aromatic rings. The molecule has 130 valence electrons. The number of aryl methyl sites for hydroxylation is 2. The first-order valence-electron chi connectivity index (χ1n) is 7.44. The van der Waals surface area contributed by atoms with Crippen LogP contribution in [0.4, 0.5) is 0 Å². The van der Waals surface area contributed by atoms with Gasteiger partial charge in [0, 0.05) is 18.0 Å². The van der Waals surface area contributed by atoms with Crippen molar-refractivity contribution < 1.29 is 4.42 Å². The van der Waals surface area contributed by atoms with E-state index in [2.05, 4.69) is 27.1 Å². The summed E-state index contributed by atoms with van der Waals surface area (Å²) in [4.78, 5) is 12.5. The van der Waals surface area contributed by atoms with E-state index in [0.29, 0.717) is 5.92 Å². The second kappa shape index (κ2) is 9.59. The van der Waals surface area contributed by atoms with Crippen LogP contribution >= 0.6 is 36.2 Å². The Kier molecular flexibility index (Phi) is 8.50. The fraction of sp³-hybridized carbons (Fsp3) is 0.600. The third kappa shape index (κ3) is 5.72. The molecule has 1 aliphatic rings. The average Bonchev–Trinajstić information content (AvgIpc) is 3.16. The smallest absolute Gasteiger partial charge is 0.208 e. The molecular formula is C15H24Cl2N4OS. The topological polar surface area (TPSA) is 54.2 Å². The van der Waals surface area contributed by atoms with Crippen molar-refractivity contribution in [1.29, 1.82) is 0 Å². The molecule has 1 fully saturated rings. The highest BCUT2D eigenvalue weighted by Crippen LogP contribution is 2.19. The molecule has 0 saturated carbocycles. The minimum Gasteiger partial charge on any atom is -0.445 e. The molecule has 1 unspecified atom stereocenters.